The van der Waals surface area contributed by atoms with Gasteiger partial charge in [0, 0.05) is 13.0 Å². The summed E-state index contributed by atoms with van der Waals surface area (Å²) < 4.78 is 10.6. The van der Waals surface area contributed by atoms with Crippen LogP contribution in [0, 0.1) is 0 Å². The summed E-state index contributed by atoms with van der Waals surface area (Å²) in [4.78, 5) is 11.4. The maximum absolute atomic E-state index is 11.4. The SMILES string of the molecule is CCCCCCCOCCOC(=O)CCCCCCC. The van der Waals surface area contributed by atoms with Gasteiger partial charge >= 0.3 is 5.97 Å². The van der Waals surface area contributed by atoms with Gasteiger partial charge in [-0.1, -0.05) is 65.2 Å². The van der Waals surface area contributed by atoms with E-state index in [0.717, 1.165) is 25.9 Å². The first-order valence-corrected chi connectivity index (χ1v) is 8.54. The zero-order chi connectivity index (χ0) is 14.9. The fourth-order valence-corrected chi connectivity index (χ4v) is 2.07. The van der Waals surface area contributed by atoms with Crippen LogP contribution in [-0.4, -0.2) is 25.8 Å². The third kappa shape index (κ3) is 15.5. The van der Waals surface area contributed by atoms with E-state index in [0.29, 0.717) is 19.6 Å². The molecule has 0 atom stereocenters. The van der Waals surface area contributed by atoms with Crippen molar-refractivity contribution in [2.45, 2.75) is 84.5 Å². The minimum absolute atomic E-state index is 0.0759. The molecule has 0 N–H and O–H groups in total. The lowest BCUT2D eigenvalue weighted by molar-refractivity contribution is -0.145. The first-order valence-electron chi connectivity index (χ1n) is 8.54. The van der Waals surface area contributed by atoms with E-state index in [-0.39, 0.29) is 5.97 Å². The molecule has 0 aromatic rings. The lowest BCUT2D eigenvalue weighted by Crippen LogP contribution is -2.10. The van der Waals surface area contributed by atoms with Gasteiger partial charge in [-0.3, -0.25) is 4.79 Å². The number of carbonyl (C=O) groups is 1. The molecule has 0 aliphatic heterocycles. The monoisotopic (exact) mass is 286 g/mol. The van der Waals surface area contributed by atoms with E-state index in [2.05, 4.69) is 13.8 Å². The number of carbonyl (C=O) groups excluding carboxylic acids is 1. The summed E-state index contributed by atoms with van der Waals surface area (Å²) in [5.41, 5.74) is 0. The molecule has 3 heteroatoms. The fourth-order valence-electron chi connectivity index (χ4n) is 2.07. The van der Waals surface area contributed by atoms with Crippen molar-refractivity contribution in [3.63, 3.8) is 0 Å². The smallest absolute Gasteiger partial charge is 0.305 e. The van der Waals surface area contributed by atoms with E-state index in [1.165, 1.54) is 44.9 Å². The molecule has 0 aliphatic rings. The Balaban J connectivity index is 3.11. The molecule has 0 saturated heterocycles. The minimum atomic E-state index is -0.0759. The van der Waals surface area contributed by atoms with Crippen molar-refractivity contribution in [2.75, 3.05) is 19.8 Å². The fraction of sp³-hybridized carbons (Fsp3) is 0.941. The van der Waals surface area contributed by atoms with Crippen LogP contribution in [0.25, 0.3) is 0 Å². The van der Waals surface area contributed by atoms with Crippen molar-refractivity contribution in [1.82, 2.24) is 0 Å². The zero-order valence-corrected chi connectivity index (χ0v) is 13.6. The average Bonchev–Trinajstić information content (AvgIpc) is 2.45. The summed E-state index contributed by atoms with van der Waals surface area (Å²) in [6.45, 7) is 6.14. The standard InChI is InChI=1S/C17H34O3/c1-3-5-7-9-11-13-17(18)20-16-15-19-14-12-10-8-6-4-2/h3-16H2,1-2H3. The quantitative estimate of drug-likeness (QED) is 0.318. The largest absolute Gasteiger partial charge is 0.463 e. The van der Waals surface area contributed by atoms with Crippen LogP contribution in [0.3, 0.4) is 0 Å². The summed E-state index contributed by atoms with van der Waals surface area (Å²) in [5.74, 6) is -0.0759. The third-order valence-corrected chi connectivity index (χ3v) is 3.37. The second-order valence-electron chi connectivity index (χ2n) is 5.41. The van der Waals surface area contributed by atoms with Crippen LogP contribution < -0.4 is 0 Å². The topological polar surface area (TPSA) is 35.5 Å². The van der Waals surface area contributed by atoms with Gasteiger partial charge in [-0.2, -0.15) is 0 Å². The van der Waals surface area contributed by atoms with Gasteiger partial charge in [0.2, 0.25) is 0 Å². The predicted octanol–water partition coefficient (Wildman–Crippen LogP) is 4.88. The molecule has 3 nitrogen and oxygen atoms in total. The Bertz CT molecular complexity index is 204. The molecule has 0 amide bonds. The second kappa shape index (κ2) is 16.5. The predicted molar refractivity (Wildman–Crippen MR) is 83.9 cm³/mol. The number of esters is 1. The molecule has 120 valence electrons. The van der Waals surface area contributed by atoms with Crippen LogP contribution in [0.4, 0.5) is 0 Å². The van der Waals surface area contributed by atoms with E-state index in [1.54, 1.807) is 0 Å². The molecule has 0 radical (unpaired) electrons. The number of unbranched alkanes of at least 4 members (excludes halogenated alkanes) is 8. The van der Waals surface area contributed by atoms with Crippen molar-refractivity contribution >= 4 is 5.97 Å². The average molecular weight is 286 g/mol. The summed E-state index contributed by atoms with van der Waals surface area (Å²) in [7, 11) is 0. The lowest BCUT2D eigenvalue weighted by atomic mass is 10.1. The lowest BCUT2D eigenvalue weighted by Gasteiger charge is -2.06. The Kier molecular flexibility index (Phi) is 16.0. The van der Waals surface area contributed by atoms with Crippen molar-refractivity contribution in [3.05, 3.63) is 0 Å². The summed E-state index contributed by atoms with van der Waals surface area (Å²) in [5, 5.41) is 0. The van der Waals surface area contributed by atoms with Gasteiger partial charge < -0.3 is 9.47 Å². The Morgan fingerprint density at radius 1 is 0.700 bits per heavy atom. The second-order valence-corrected chi connectivity index (χ2v) is 5.41. The molecule has 0 rings (SSSR count). The van der Waals surface area contributed by atoms with Gasteiger partial charge in [0.05, 0.1) is 6.61 Å². The highest BCUT2D eigenvalue weighted by Gasteiger charge is 2.02. The maximum Gasteiger partial charge on any atom is 0.305 e. The van der Waals surface area contributed by atoms with Gasteiger partial charge in [0.15, 0.2) is 0 Å². The summed E-state index contributed by atoms with van der Waals surface area (Å²) in [6, 6.07) is 0. The number of hydrogen-bond acceptors (Lipinski definition) is 3. The summed E-state index contributed by atoms with van der Waals surface area (Å²) in [6.07, 6.45) is 12.6. The number of hydrogen-bond donors (Lipinski definition) is 0. The molecule has 0 unspecified atom stereocenters. The Morgan fingerprint density at radius 2 is 1.30 bits per heavy atom. The highest BCUT2D eigenvalue weighted by molar-refractivity contribution is 5.69. The van der Waals surface area contributed by atoms with Crippen molar-refractivity contribution in [3.8, 4) is 0 Å². The van der Waals surface area contributed by atoms with Crippen LogP contribution in [0.1, 0.15) is 84.5 Å². The van der Waals surface area contributed by atoms with E-state index in [9.17, 15) is 4.79 Å². The van der Waals surface area contributed by atoms with Crippen LogP contribution >= 0.6 is 0 Å². The Hall–Kier alpha value is -0.570. The van der Waals surface area contributed by atoms with Gasteiger partial charge in [-0.15, -0.1) is 0 Å². The first kappa shape index (κ1) is 19.4. The third-order valence-electron chi connectivity index (χ3n) is 3.37. The van der Waals surface area contributed by atoms with Crippen molar-refractivity contribution in [2.24, 2.45) is 0 Å². The number of ether oxygens (including phenoxy) is 2. The molecule has 0 aromatic heterocycles. The van der Waals surface area contributed by atoms with Gasteiger partial charge in [0.1, 0.15) is 6.61 Å². The van der Waals surface area contributed by atoms with Crippen molar-refractivity contribution < 1.29 is 14.3 Å². The minimum Gasteiger partial charge on any atom is -0.463 e. The van der Waals surface area contributed by atoms with Crippen LogP contribution in [0.2, 0.25) is 0 Å². The maximum atomic E-state index is 11.4. The highest BCUT2D eigenvalue weighted by Crippen LogP contribution is 2.05. The molecule has 0 spiro atoms. The van der Waals surface area contributed by atoms with Crippen LogP contribution in [0.5, 0.6) is 0 Å². The molecular formula is C17H34O3. The normalized spacial score (nSPS) is 10.7. The zero-order valence-electron chi connectivity index (χ0n) is 13.6. The number of rotatable bonds is 15. The Morgan fingerprint density at radius 3 is 1.95 bits per heavy atom. The van der Waals surface area contributed by atoms with E-state index >= 15 is 0 Å². The summed E-state index contributed by atoms with van der Waals surface area (Å²) >= 11 is 0. The van der Waals surface area contributed by atoms with E-state index < -0.39 is 0 Å². The molecule has 0 aliphatic carbocycles. The molecule has 0 saturated carbocycles. The molecular weight excluding hydrogens is 252 g/mol. The van der Waals surface area contributed by atoms with Gasteiger partial charge in [0.25, 0.3) is 0 Å². The molecule has 0 heterocycles. The molecule has 0 bridgehead atoms. The molecule has 20 heavy (non-hydrogen) atoms. The van der Waals surface area contributed by atoms with Gasteiger partial charge in [-0.25, -0.2) is 0 Å². The molecule has 0 aromatic carbocycles. The van der Waals surface area contributed by atoms with Gasteiger partial charge in [-0.05, 0) is 12.8 Å². The van der Waals surface area contributed by atoms with E-state index in [4.69, 9.17) is 9.47 Å². The van der Waals surface area contributed by atoms with E-state index in [1.807, 2.05) is 0 Å². The van der Waals surface area contributed by atoms with Crippen LogP contribution in [-0.2, 0) is 14.3 Å². The highest BCUT2D eigenvalue weighted by atomic mass is 16.6. The van der Waals surface area contributed by atoms with Crippen molar-refractivity contribution in [1.29, 1.82) is 0 Å². The molecule has 0 fully saturated rings. The first-order chi connectivity index (χ1) is 9.81. The Labute approximate surface area is 125 Å². The van der Waals surface area contributed by atoms with Crippen LogP contribution in [0.15, 0.2) is 0 Å².